The fourth-order valence-electron chi connectivity index (χ4n) is 1.65. The summed E-state index contributed by atoms with van der Waals surface area (Å²) < 4.78 is 10.2. The standard InChI is InChI=1S/C14H15N3O4/c1-9-6-11(18)12(7-16-9)21-8-13(19)17-10-4-3-5-15-14(10)20-2/h3-7H,8H2,1-2H3,(H,16,18)(H,17,19). The first-order valence-electron chi connectivity index (χ1n) is 6.21. The highest BCUT2D eigenvalue weighted by molar-refractivity contribution is 5.92. The van der Waals surface area contributed by atoms with Crippen molar-refractivity contribution in [1.29, 1.82) is 0 Å². The Kier molecular flexibility index (Phi) is 4.55. The largest absolute Gasteiger partial charge is 0.480 e. The van der Waals surface area contributed by atoms with E-state index in [4.69, 9.17) is 9.47 Å². The average molecular weight is 289 g/mol. The summed E-state index contributed by atoms with van der Waals surface area (Å²) in [6, 6.07) is 4.73. The minimum absolute atomic E-state index is 0.0916. The molecule has 0 aliphatic heterocycles. The molecule has 0 spiro atoms. The summed E-state index contributed by atoms with van der Waals surface area (Å²) in [5.74, 6) is -0.0193. The monoisotopic (exact) mass is 289 g/mol. The van der Waals surface area contributed by atoms with Gasteiger partial charge in [-0.05, 0) is 19.1 Å². The molecule has 110 valence electrons. The molecule has 2 aromatic heterocycles. The van der Waals surface area contributed by atoms with Gasteiger partial charge in [0.1, 0.15) is 5.69 Å². The van der Waals surface area contributed by atoms with Crippen LogP contribution in [0.2, 0.25) is 0 Å². The van der Waals surface area contributed by atoms with E-state index in [9.17, 15) is 9.59 Å². The Labute approximate surface area is 120 Å². The lowest BCUT2D eigenvalue weighted by molar-refractivity contribution is -0.118. The molecule has 0 aromatic carbocycles. The summed E-state index contributed by atoms with van der Waals surface area (Å²) in [6.07, 6.45) is 2.98. The fourth-order valence-corrected chi connectivity index (χ4v) is 1.65. The van der Waals surface area contributed by atoms with Crippen LogP contribution in [0.25, 0.3) is 0 Å². The van der Waals surface area contributed by atoms with E-state index in [1.807, 2.05) is 0 Å². The summed E-state index contributed by atoms with van der Waals surface area (Å²) in [7, 11) is 1.46. The number of methoxy groups -OCH3 is 1. The van der Waals surface area contributed by atoms with Crippen molar-refractivity contribution in [2.24, 2.45) is 0 Å². The number of ether oxygens (including phenoxy) is 2. The van der Waals surface area contributed by atoms with Crippen LogP contribution in [0.15, 0.2) is 35.4 Å². The third kappa shape index (κ3) is 3.82. The van der Waals surface area contributed by atoms with Gasteiger partial charge in [-0.3, -0.25) is 9.59 Å². The van der Waals surface area contributed by atoms with E-state index in [-0.39, 0.29) is 17.8 Å². The molecule has 7 heteroatoms. The number of aromatic nitrogens is 2. The number of rotatable bonds is 5. The zero-order valence-corrected chi connectivity index (χ0v) is 11.7. The molecule has 0 saturated heterocycles. The predicted octanol–water partition coefficient (Wildman–Crippen LogP) is 1.10. The van der Waals surface area contributed by atoms with Crippen molar-refractivity contribution in [3.8, 4) is 11.6 Å². The van der Waals surface area contributed by atoms with E-state index in [1.165, 1.54) is 19.4 Å². The van der Waals surface area contributed by atoms with Crippen molar-refractivity contribution in [3.05, 3.63) is 46.5 Å². The number of aromatic amines is 1. The molecule has 0 fully saturated rings. The van der Waals surface area contributed by atoms with Crippen LogP contribution in [0.4, 0.5) is 5.69 Å². The van der Waals surface area contributed by atoms with E-state index in [0.717, 1.165) is 5.69 Å². The van der Waals surface area contributed by atoms with Gasteiger partial charge in [-0.15, -0.1) is 0 Å². The maximum atomic E-state index is 11.8. The van der Waals surface area contributed by atoms with Crippen LogP contribution in [0.5, 0.6) is 11.6 Å². The fraction of sp³-hybridized carbons (Fsp3) is 0.214. The maximum absolute atomic E-state index is 11.8. The molecule has 0 atom stereocenters. The van der Waals surface area contributed by atoms with Crippen molar-refractivity contribution in [1.82, 2.24) is 9.97 Å². The number of carbonyl (C=O) groups is 1. The molecular weight excluding hydrogens is 274 g/mol. The van der Waals surface area contributed by atoms with Crippen LogP contribution in [-0.4, -0.2) is 29.6 Å². The maximum Gasteiger partial charge on any atom is 0.262 e. The van der Waals surface area contributed by atoms with E-state index < -0.39 is 5.91 Å². The minimum atomic E-state index is -0.415. The summed E-state index contributed by atoms with van der Waals surface area (Å²) in [4.78, 5) is 30.2. The van der Waals surface area contributed by atoms with Gasteiger partial charge in [0, 0.05) is 24.2 Å². The molecule has 2 heterocycles. The molecule has 0 aliphatic rings. The van der Waals surface area contributed by atoms with Crippen LogP contribution in [0, 0.1) is 6.92 Å². The zero-order valence-electron chi connectivity index (χ0n) is 11.7. The van der Waals surface area contributed by atoms with Gasteiger partial charge in [0.05, 0.1) is 7.11 Å². The Hall–Kier alpha value is -2.83. The summed E-state index contributed by atoms with van der Waals surface area (Å²) in [5.41, 5.74) is 0.876. The molecule has 21 heavy (non-hydrogen) atoms. The molecule has 2 N–H and O–H groups in total. The highest BCUT2D eigenvalue weighted by Gasteiger charge is 2.09. The number of hydrogen-bond donors (Lipinski definition) is 2. The Bertz CT molecular complexity index is 697. The van der Waals surface area contributed by atoms with Gasteiger partial charge in [-0.1, -0.05) is 0 Å². The third-order valence-corrected chi connectivity index (χ3v) is 2.62. The smallest absolute Gasteiger partial charge is 0.262 e. The van der Waals surface area contributed by atoms with E-state index in [0.29, 0.717) is 11.6 Å². The Balaban J connectivity index is 1.97. The van der Waals surface area contributed by atoms with Gasteiger partial charge in [0.2, 0.25) is 11.3 Å². The van der Waals surface area contributed by atoms with Crippen LogP contribution >= 0.6 is 0 Å². The summed E-state index contributed by atoms with van der Waals surface area (Å²) in [6.45, 7) is 1.47. The Morgan fingerprint density at radius 2 is 2.29 bits per heavy atom. The minimum Gasteiger partial charge on any atom is -0.480 e. The van der Waals surface area contributed by atoms with E-state index in [1.54, 1.807) is 25.3 Å². The average Bonchev–Trinajstić information content (AvgIpc) is 2.47. The van der Waals surface area contributed by atoms with Crippen LogP contribution in [-0.2, 0) is 4.79 Å². The number of H-pyrrole nitrogens is 1. The number of amides is 1. The number of pyridine rings is 2. The number of aryl methyl sites for hydroxylation is 1. The zero-order chi connectivity index (χ0) is 15.2. The molecule has 0 saturated carbocycles. The van der Waals surface area contributed by atoms with Crippen molar-refractivity contribution in [2.75, 3.05) is 19.0 Å². The first kappa shape index (κ1) is 14.6. The second-order valence-corrected chi connectivity index (χ2v) is 4.24. The topological polar surface area (TPSA) is 93.3 Å². The second-order valence-electron chi connectivity index (χ2n) is 4.24. The number of carbonyl (C=O) groups excluding carboxylic acids is 1. The Morgan fingerprint density at radius 1 is 1.48 bits per heavy atom. The SMILES string of the molecule is COc1ncccc1NC(=O)COc1c[nH]c(C)cc1=O. The first-order chi connectivity index (χ1) is 10.1. The molecule has 0 unspecified atom stereocenters. The number of hydrogen-bond acceptors (Lipinski definition) is 5. The predicted molar refractivity (Wildman–Crippen MR) is 76.7 cm³/mol. The number of anilines is 1. The third-order valence-electron chi connectivity index (χ3n) is 2.62. The van der Waals surface area contributed by atoms with Gasteiger partial charge in [0.15, 0.2) is 12.4 Å². The Morgan fingerprint density at radius 3 is 3.00 bits per heavy atom. The van der Waals surface area contributed by atoms with E-state index in [2.05, 4.69) is 15.3 Å². The molecule has 0 bridgehead atoms. The quantitative estimate of drug-likeness (QED) is 0.860. The van der Waals surface area contributed by atoms with Gasteiger partial charge in [-0.2, -0.15) is 0 Å². The van der Waals surface area contributed by atoms with Crippen LogP contribution in [0.1, 0.15) is 5.69 Å². The van der Waals surface area contributed by atoms with E-state index >= 15 is 0 Å². The lowest BCUT2D eigenvalue weighted by Gasteiger charge is -2.09. The van der Waals surface area contributed by atoms with Crippen LogP contribution < -0.4 is 20.2 Å². The second kappa shape index (κ2) is 6.56. The van der Waals surface area contributed by atoms with Gasteiger partial charge < -0.3 is 19.8 Å². The molecule has 2 aromatic rings. The van der Waals surface area contributed by atoms with Gasteiger partial charge in [-0.25, -0.2) is 4.98 Å². The van der Waals surface area contributed by atoms with Crippen molar-refractivity contribution in [2.45, 2.75) is 6.92 Å². The lowest BCUT2D eigenvalue weighted by Crippen LogP contribution is -2.22. The molecule has 0 radical (unpaired) electrons. The molecule has 7 nitrogen and oxygen atoms in total. The van der Waals surface area contributed by atoms with Crippen molar-refractivity contribution in [3.63, 3.8) is 0 Å². The van der Waals surface area contributed by atoms with Crippen molar-refractivity contribution >= 4 is 11.6 Å². The number of nitrogens with one attached hydrogen (secondary N) is 2. The van der Waals surface area contributed by atoms with Crippen LogP contribution in [0.3, 0.4) is 0 Å². The lowest BCUT2D eigenvalue weighted by atomic mass is 10.3. The molecule has 2 rings (SSSR count). The summed E-state index contributed by atoms with van der Waals surface area (Å²) >= 11 is 0. The number of nitrogens with zero attached hydrogens (tertiary/aromatic N) is 1. The highest BCUT2D eigenvalue weighted by Crippen LogP contribution is 2.19. The first-order valence-corrected chi connectivity index (χ1v) is 6.21. The summed E-state index contributed by atoms with van der Waals surface area (Å²) in [5, 5.41) is 2.60. The highest BCUT2D eigenvalue weighted by atomic mass is 16.5. The van der Waals surface area contributed by atoms with Crippen molar-refractivity contribution < 1.29 is 14.3 Å². The molecular formula is C14H15N3O4. The molecule has 1 amide bonds. The normalized spacial score (nSPS) is 10.0. The van der Waals surface area contributed by atoms with Gasteiger partial charge >= 0.3 is 0 Å². The molecule has 0 aliphatic carbocycles. The van der Waals surface area contributed by atoms with Gasteiger partial charge in [0.25, 0.3) is 5.91 Å².